The molecule has 12 aromatic rings. The topological polar surface area (TPSA) is 6.48 Å². The molecule has 0 saturated carbocycles. The number of benzene rings is 12. The minimum Gasteiger partial charge on any atom is -0.310 e. The highest BCUT2D eigenvalue weighted by Gasteiger charge is 2.27. The summed E-state index contributed by atoms with van der Waals surface area (Å²) in [7, 11) is 0. The van der Waals surface area contributed by atoms with Crippen molar-refractivity contribution in [3.05, 3.63) is 272 Å². The Balaban J connectivity index is 1.26. The summed E-state index contributed by atoms with van der Waals surface area (Å²) in [6.45, 7) is 14.8. The van der Waals surface area contributed by atoms with E-state index < -0.39 is 0 Å². The molecule has 0 aliphatic rings. The summed E-state index contributed by atoms with van der Waals surface area (Å²) in [5.74, 6) is 0. The van der Waals surface area contributed by atoms with Gasteiger partial charge in [0.2, 0.25) is 0 Å². The van der Waals surface area contributed by atoms with Gasteiger partial charge in [-0.2, -0.15) is 0 Å². The molecule has 0 aromatic heterocycles. The van der Waals surface area contributed by atoms with E-state index in [9.17, 15) is 0 Å². The van der Waals surface area contributed by atoms with E-state index in [-0.39, 0.29) is 0 Å². The van der Waals surface area contributed by atoms with Crippen LogP contribution in [0, 0.1) is 13.8 Å². The van der Waals surface area contributed by atoms with Crippen LogP contribution in [0.15, 0.2) is 244 Å². The van der Waals surface area contributed by atoms with Gasteiger partial charge in [-0.25, -0.2) is 0 Å². The summed E-state index contributed by atoms with van der Waals surface area (Å²) < 4.78 is 0. The number of nitrogens with zero attached hydrogens (tertiary/aromatic N) is 2. The molecule has 0 N–H and O–H groups in total. The normalized spacial score (nSPS) is 11.8. The lowest BCUT2D eigenvalue weighted by Crippen LogP contribution is -2.13. The molecule has 0 radical (unpaired) electrons. The van der Waals surface area contributed by atoms with Crippen molar-refractivity contribution in [3.63, 3.8) is 0 Å². The standard InChI is InChI=1S/C71H54N2/c1-6-9-10-21-49-22-17-29-59(42-49)72(57-27-15-19-47(4)40-57)68-45-65(56-35-33-52-23-11-12-25-54(52)44-56)61-37-39-64-69(73(58-28-16-20-48(5)41-58)67-31-18-26-53-24-13-14-30-60(53)67)46-66(62-36-38-63(68)70(61)71(62)64)55-34-32-50(7-2)51(8-3)43-55/h6-46H,2-3H2,1,4-5H3/b9-6-,21-10-. The van der Waals surface area contributed by atoms with Crippen molar-refractivity contribution in [2.45, 2.75) is 20.8 Å². The fourth-order valence-electron chi connectivity index (χ4n) is 11.1. The summed E-state index contributed by atoms with van der Waals surface area (Å²) in [5.41, 5.74) is 16.8. The highest BCUT2D eigenvalue weighted by Crippen LogP contribution is 2.53. The van der Waals surface area contributed by atoms with Gasteiger partial charge in [-0.15, -0.1) is 0 Å². The highest BCUT2D eigenvalue weighted by molar-refractivity contribution is 6.32. The van der Waals surface area contributed by atoms with Crippen molar-refractivity contribution >= 4 is 106 Å². The summed E-state index contributed by atoms with van der Waals surface area (Å²) in [6, 6.07) is 78.9. The molecule has 0 aliphatic heterocycles. The average Bonchev–Trinajstić information content (AvgIpc) is 3.43. The molecule has 0 amide bonds. The monoisotopic (exact) mass is 934 g/mol. The highest BCUT2D eigenvalue weighted by atomic mass is 15.2. The summed E-state index contributed by atoms with van der Waals surface area (Å²) >= 11 is 0. The SMILES string of the molecule is C=Cc1ccc(-c2cc(N(c3cccc(C)c3)c3cccc4ccccc34)c3ccc4c(-c5ccc6ccccc6c5)cc(N(c5cccc(C)c5)c5cccc(/C=C\C=C/C)c5)c5ccc2c3c45)cc1C=C. The molecule has 73 heavy (non-hydrogen) atoms. The van der Waals surface area contributed by atoms with Crippen LogP contribution in [-0.4, -0.2) is 0 Å². The number of aryl methyl sites for hydroxylation is 2. The van der Waals surface area contributed by atoms with Gasteiger partial charge in [-0.05, 0) is 165 Å². The second-order valence-electron chi connectivity index (χ2n) is 19.1. The second kappa shape index (κ2) is 18.8. The smallest absolute Gasteiger partial charge is 0.0547 e. The molecule has 0 atom stereocenters. The lowest BCUT2D eigenvalue weighted by molar-refractivity contribution is 1.28. The molecule has 12 rings (SSSR count). The molecule has 0 saturated heterocycles. The van der Waals surface area contributed by atoms with Crippen LogP contribution in [0.4, 0.5) is 34.1 Å². The predicted octanol–water partition coefficient (Wildman–Crippen LogP) is 20.7. The maximum Gasteiger partial charge on any atom is 0.0547 e. The van der Waals surface area contributed by atoms with Crippen molar-refractivity contribution < 1.29 is 0 Å². The van der Waals surface area contributed by atoms with Gasteiger partial charge >= 0.3 is 0 Å². The number of hydrogen-bond acceptors (Lipinski definition) is 2. The van der Waals surface area contributed by atoms with E-state index in [1.807, 2.05) is 19.1 Å². The third kappa shape index (κ3) is 8.04. The van der Waals surface area contributed by atoms with E-state index in [1.165, 1.54) is 65.3 Å². The lowest BCUT2D eigenvalue weighted by atomic mass is 9.84. The van der Waals surface area contributed by atoms with E-state index in [4.69, 9.17) is 0 Å². The van der Waals surface area contributed by atoms with Crippen LogP contribution in [0.1, 0.15) is 34.7 Å². The van der Waals surface area contributed by atoms with Crippen molar-refractivity contribution in [1.29, 1.82) is 0 Å². The van der Waals surface area contributed by atoms with Gasteiger partial charge in [0.25, 0.3) is 0 Å². The van der Waals surface area contributed by atoms with E-state index in [1.54, 1.807) is 0 Å². The number of hydrogen-bond donors (Lipinski definition) is 0. The molecule has 348 valence electrons. The summed E-state index contributed by atoms with van der Waals surface area (Å²) in [5, 5.41) is 11.9. The number of fused-ring (bicyclic) bond motifs is 2. The Bertz CT molecular complexity index is 4180. The van der Waals surface area contributed by atoms with Gasteiger partial charge in [0, 0.05) is 44.0 Å². The molecule has 12 aromatic carbocycles. The number of rotatable bonds is 12. The molecule has 0 fully saturated rings. The van der Waals surface area contributed by atoms with Crippen molar-refractivity contribution in [2.75, 3.05) is 9.80 Å². The van der Waals surface area contributed by atoms with Crippen LogP contribution in [0.25, 0.3) is 94.3 Å². The van der Waals surface area contributed by atoms with Crippen LogP contribution in [-0.2, 0) is 0 Å². The van der Waals surface area contributed by atoms with E-state index >= 15 is 0 Å². The molecule has 0 heterocycles. The van der Waals surface area contributed by atoms with Crippen LogP contribution in [0.2, 0.25) is 0 Å². The zero-order chi connectivity index (χ0) is 49.6. The number of anilines is 6. The zero-order valence-electron chi connectivity index (χ0n) is 41.5. The molecule has 0 spiro atoms. The van der Waals surface area contributed by atoms with Crippen LogP contribution < -0.4 is 9.80 Å². The van der Waals surface area contributed by atoms with Crippen LogP contribution >= 0.6 is 0 Å². The largest absolute Gasteiger partial charge is 0.310 e. The van der Waals surface area contributed by atoms with Crippen molar-refractivity contribution in [2.24, 2.45) is 0 Å². The fourth-order valence-corrected chi connectivity index (χ4v) is 11.1. The van der Waals surface area contributed by atoms with Gasteiger partial charge < -0.3 is 9.80 Å². The van der Waals surface area contributed by atoms with E-state index in [0.717, 1.165) is 72.7 Å². The molecule has 0 aliphatic carbocycles. The third-order valence-electron chi connectivity index (χ3n) is 14.5. The average molecular weight is 935 g/mol. The Morgan fingerprint density at radius 3 is 1.59 bits per heavy atom. The van der Waals surface area contributed by atoms with Gasteiger partial charge in [-0.1, -0.05) is 195 Å². The minimum absolute atomic E-state index is 1.04. The van der Waals surface area contributed by atoms with Crippen LogP contribution in [0.3, 0.4) is 0 Å². The first-order valence-electron chi connectivity index (χ1n) is 25.2. The maximum atomic E-state index is 4.26. The Hall–Kier alpha value is -9.24. The zero-order valence-corrected chi connectivity index (χ0v) is 41.5. The number of allylic oxidation sites excluding steroid dienone is 3. The molecular weight excluding hydrogens is 881 g/mol. The summed E-state index contributed by atoms with van der Waals surface area (Å²) in [6.07, 6.45) is 12.3. The second-order valence-corrected chi connectivity index (χ2v) is 19.1. The quantitative estimate of drug-likeness (QED) is 0.0890. The molecule has 0 unspecified atom stereocenters. The molecule has 2 heteroatoms. The van der Waals surface area contributed by atoms with Gasteiger partial charge in [0.1, 0.15) is 0 Å². The Morgan fingerprint density at radius 2 is 0.918 bits per heavy atom. The molecule has 2 nitrogen and oxygen atoms in total. The summed E-state index contributed by atoms with van der Waals surface area (Å²) in [4.78, 5) is 4.96. The third-order valence-corrected chi connectivity index (χ3v) is 14.5. The predicted molar refractivity (Wildman–Crippen MR) is 319 cm³/mol. The minimum atomic E-state index is 1.04. The van der Waals surface area contributed by atoms with Crippen molar-refractivity contribution in [1.82, 2.24) is 0 Å². The molecular formula is C71H54N2. The van der Waals surface area contributed by atoms with Gasteiger partial charge in [0.05, 0.1) is 17.1 Å². The Morgan fingerprint density at radius 1 is 0.370 bits per heavy atom. The first-order valence-corrected chi connectivity index (χ1v) is 25.2. The van der Waals surface area contributed by atoms with Gasteiger partial charge in [-0.3, -0.25) is 0 Å². The Kier molecular flexibility index (Phi) is 11.6. The lowest BCUT2D eigenvalue weighted by Gasteiger charge is -2.31. The Labute approximate surface area is 428 Å². The first kappa shape index (κ1) is 44.9. The van der Waals surface area contributed by atoms with Crippen LogP contribution in [0.5, 0.6) is 0 Å². The first-order chi connectivity index (χ1) is 35.9. The maximum absolute atomic E-state index is 4.26. The molecule has 0 bridgehead atoms. The van der Waals surface area contributed by atoms with Crippen molar-refractivity contribution in [3.8, 4) is 22.3 Å². The van der Waals surface area contributed by atoms with Gasteiger partial charge in [0.15, 0.2) is 0 Å². The van der Waals surface area contributed by atoms with E-state index in [2.05, 4.69) is 273 Å². The fraction of sp³-hybridized carbons (Fsp3) is 0.0423. The van der Waals surface area contributed by atoms with E-state index in [0.29, 0.717) is 0 Å².